The van der Waals surface area contributed by atoms with E-state index >= 15 is 0 Å². The van der Waals surface area contributed by atoms with E-state index in [1.165, 1.54) is 0 Å². The average Bonchev–Trinajstić information content (AvgIpc) is 3.44. The van der Waals surface area contributed by atoms with Crippen LogP contribution in [0.25, 0.3) is 0 Å². The van der Waals surface area contributed by atoms with Crippen molar-refractivity contribution in [2.45, 2.75) is 25.6 Å². The van der Waals surface area contributed by atoms with Crippen LogP contribution in [0.2, 0.25) is 0 Å². The van der Waals surface area contributed by atoms with Gasteiger partial charge in [0.05, 0.1) is 30.6 Å². The first-order valence-electron chi connectivity index (χ1n) is 11.0. The summed E-state index contributed by atoms with van der Waals surface area (Å²) in [5, 5.41) is 4.19. The molecule has 33 heavy (non-hydrogen) atoms. The van der Waals surface area contributed by atoms with E-state index in [-0.39, 0.29) is 12.1 Å². The Morgan fingerprint density at radius 1 is 0.939 bits per heavy atom. The third-order valence-electron chi connectivity index (χ3n) is 5.75. The lowest BCUT2D eigenvalue weighted by Gasteiger charge is -2.29. The van der Waals surface area contributed by atoms with Crippen molar-refractivity contribution in [3.8, 4) is 5.75 Å². The Labute approximate surface area is 198 Å². The van der Waals surface area contributed by atoms with Gasteiger partial charge in [-0.25, -0.2) is 0 Å². The number of anilines is 1. The fraction of sp³-hybridized carbons (Fsp3) is 0.192. The molecule has 166 valence electrons. The fourth-order valence-electron chi connectivity index (χ4n) is 4.31. The number of ether oxygens (including phenoxy) is 1. The predicted octanol–water partition coefficient (Wildman–Crippen LogP) is 4.90. The Balaban J connectivity index is 1.56. The van der Waals surface area contributed by atoms with E-state index in [1.807, 2.05) is 67.8 Å². The van der Waals surface area contributed by atoms with Crippen LogP contribution in [0.15, 0.2) is 91.4 Å². The molecule has 0 spiro atoms. The molecule has 1 aliphatic rings. The van der Waals surface area contributed by atoms with E-state index in [1.54, 1.807) is 0 Å². The molecule has 0 unspecified atom stereocenters. The van der Waals surface area contributed by atoms with E-state index in [9.17, 15) is 0 Å². The number of pyridine rings is 2. The van der Waals surface area contributed by atoms with E-state index in [2.05, 4.69) is 55.2 Å². The van der Waals surface area contributed by atoms with Gasteiger partial charge in [0.15, 0.2) is 5.11 Å². The van der Waals surface area contributed by atoms with Gasteiger partial charge in [-0.1, -0.05) is 12.1 Å². The molecule has 3 aromatic heterocycles. The highest BCUT2D eigenvalue weighted by Crippen LogP contribution is 2.42. The monoisotopic (exact) mass is 455 g/mol. The molecule has 7 heteroatoms. The molecule has 5 rings (SSSR count). The number of nitrogens with one attached hydrogen (secondary N) is 1. The van der Waals surface area contributed by atoms with Gasteiger partial charge in [0.2, 0.25) is 0 Å². The third-order valence-corrected chi connectivity index (χ3v) is 6.06. The molecule has 1 aromatic carbocycles. The van der Waals surface area contributed by atoms with Crippen molar-refractivity contribution in [3.63, 3.8) is 0 Å². The maximum Gasteiger partial charge on any atom is 0.174 e. The second kappa shape index (κ2) is 9.42. The summed E-state index contributed by atoms with van der Waals surface area (Å²) in [6.07, 6.45) is 5.74. The maximum absolute atomic E-state index is 5.84. The summed E-state index contributed by atoms with van der Waals surface area (Å²) in [5.41, 5.74) is 4.09. The largest absolute Gasteiger partial charge is 0.494 e. The number of hydrogen-bond donors (Lipinski definition) is 1. The van der Waals surface area contributed by atoms with E-state index in [4.69, 9.17) is 17.0 Å². The highest BCUT2D eigenvalue weighted by molar-refractivity contribution is 7.80. The molecule has 4 heterocycles. The first-order chi connectivity index (χ1) is 16.2. The summed E-state index contributed by atoms with van der Waals surface area (Å²) in [4.78, 5) is 11.3. The zero-order valence-electron chi connectivity index (χ0n) is 18.3. The van der Waals surface area contributed by atoms with Crippen molar-refractivity contribution >= 4 is 23.0 Å². The summed E-state index contributed by atoms with van der Waals surface area (Å²) >= 11 is 5.84. The standard InChI is InChI=1S/C26H25N5OS/c1-2-32-21-13-11-20(12-14-21)31-25(24(29-26(31)33)22-9-4-6-16-28-22)23-10-7-17-30(23)18-19-8-3-5-15-27-19/h3-17,24-25H,2,18H2,1H3,(H,29,33)/t24-,25+/m0/s1. The minimum absolute atomic E-state index is 0.0796. The topological polar surface area (TPSA) is 55.2 Å². The lowest BCUT2D eigenvalue weighted by Crippen LogP contribution is -2.30. The molecular formula is C26H25N5OS. The predicted molar refractivity (Wildman–Crippen MR) is 133 cm³/mol. The quantitative estimate of drug-likeness (QED) is 0.400. The molecule has 1 fully saturated rings. The smallest absolute Gasteiger partial charge is 0.174 e. The number of nitrogens with zero attached hydrogens (tertiary/aromatic N) is 4. The van der Waals surface area contributed by atoms with E-state index in [0.29, 0.717) is 18.3 Å². The minimum Gasteiger partial charge on any atom is -0.494 e. The summed E-state index contributed by atoms with van der Waals surface area (Å²) in [7, 11) is 0. The van der Waals surface area contributed by atoms with Gasteiger partial charge in [-0.2, -0.15) is 0 Å². The van der Waals surface area contributed by atoms with Gasteiger partial charge < -0.3 is 19.5 Å². The molecule has 0 amide bonds. The Morgan fingerprint density at radius 2 is 1.73 bits per heavy atom. The van der Waals surface area contributed by atoms with Gasteiger partial charge in [0.1, 0.15) is 11.8 Å². The van der Waals surface area contributed by atoms with Crippen molar-refractivity contribution < 1.29 is 4.74 Å². The van der Waals surface area contributed by atoms with Crippen LogP contribution in [0.5, 0.6) is 5.75 Å². The number of rotatable bonds is 7. The minimum atomic E-state index is -0.0948. The highest BCUT2D eigenvalue weighted by Gasteiger charge is 2.42. The first kappa shape index (κ1) is 21.2. The molecule has 1 aliphatic heterocycles. The van der Waals surface area contributed by atoms with Crippen LogP contribution in [0.3, 0.4) is 0 Å². The van der Waals surface area contributed by atoms with Crippen LogP contribution < -0.4 is 15.0 Å². The van der Waals surface area contributed by atoms with Crippen molar-refractivity contribution in [1.82, 2.24) is 19.9 Å². The molecule has 6 nitrogen and oxygen atoms in total. The van der Waals surface area contributed by atoms with Crippen molar-refractivity contribution in [2.24, 2.45) is 0 Å². The van der Waals surface area contributed by atoms with Gasteiger partial charge >= 0.3 is 0 Å². The van der Waals surface area contributed by atoms with Crippen LogP contribution in [0.1, 0.15) is 36.1 Å². The lowest BCUT2D eigenvalue weighted by atomic mass is 10.0. The summed E-state index contributed by atoms with van der Waals surface area (Å²) < 4.78 is 7.87. The lowest BCUT2D eigenvalue weighted by molar-refractivity contribution is 0.340. The normalized spacial score (nSPS) is 17.7. The van der Waals surface area contributed by atoms with Crippen LogP contribution in [0.4, 0.5) is 5.69 Å². The number of benzene rings is 1. The van der Waals surface area contributed by atoms with Crippen LogP contribution in [0, 0.1) is 0 Å². The van der Waals surface area contributed by atoms with Gasteiger partial charge in [0, 0.05) is 30.0 Å². The maximum atomic E-state index is 5.84. The Hall–Kier alpha value is -3.71. The van der Waals surface area contributed by atoms with Crippen molar-refractivity contribution in [3.05, 3.63) is 108 Å². The molecule has 0 saturated carbocycles. The Morgan fingerprint density at radius 3 is 2.42 bits per heavy atom. The molecule has 2 atom stereocenters. The molecule has 0 aliphatic carbocycles. The molecule has 0 bridgehead atoms. The zero-order chi connectivity index (χ0) is 22.6. The van der Waals surface area contributed by atoms with Crippen LogP contribution >= 0.6 is 12.2 Å². The molecule has 0 radical (unpaired) electrons. The summed E-state index contributed by atoms with van der Waals surface area (Å²) in [6, 6.07) is 24.1. The second-order valence-electron chi connectivity index (χ2n) is 7.81. The van der Waals surface area contributed by atoms with Gasteiger partial charge in [-0.3, -0.25) is 9.97 Å². The second-order valence-corrected chi connectivity index (χ2v) is 8.19. The zero-order valence-corrected chi connectivity index (χ0v) is 19.2. The van der Waals surface area contributed by atoms with Crippen molar-refractivity contribution in [2.75, 3.05) is 11.5 Å². The molecule has 1 saturated heterocycles. The summed E-state index contributed by atoms with van der Waals surface area (Å²) in [5.74, 6) is 0.843. The van der Waals surface area contributed by atoms with E-state index in [0.717, 1.165) is 28.5 Å². The number of thiocarbonyl (C=S) groups is 1. The number of hydrogen-bond acceptors (Lipinski definition) is 4. The number of aromatic nitrogens is 3. The van der Waals surface area contributed by atoms with Gasteiger partial charge in [-0.05, 0) is 79.8 Å². The molecule has 4 aromatic rings. The van der Waals surface area contributed by atoms with Crippen LogP contribution in [-0.2, 0) is 6.54 Å². The Kier molecular flexibility index (Phi) is 6.04. The van der Waals surface area contributed by atoms with Gasteiger partial charge in [0.25, 0.3) is 0 Å². The molecular weight excluding hydrogens is 430 g/mol. The van der Waals surface area contributed by atoms with Crippen LogP contribution in [-0.4, -0.2) is 26.3 Å². The molecule has 1 N–H and O–H groups in total. The SMILES string of the molecule is CCOc1ccc(N2C(=S)N[C@@H](c3ccccn3)[C@H]2c2cccn2Cc2ccccn2)cc1. The Bertz CT molecular complexity index is 1210. The summed E-state index contributed by atoms with van der Waals surface area (Å²) in [6.45, 7) is 3.30. The van der Waals surface area contributed by atoms with Gasteiger partial charge in [-0.15, -0.1) is 0 Å². The first-order valence-corrected chi connectivity index (χ1v) is 11.4. The van der Waals surface area contributed by atoms with Crippen molar-refractivity contribution in [1.29, 1.82) is 0 Å². The van der Waals surface area contributed by atoms with E-state index < -0.39 is 0 Å². The fourth-order valence-corrected chi connectivity index (χ4v) is 4.65. The third kappa shape index (κ3) is 4.32. The highest BCUT2D eigenvalue weighted by atomic mass is 32.1. The average molecular weight is 456 g/mol.